The molecule has 1 heterocycles. The van der Waals surface area contributed by atoms with E-state index in [0.717, 1.165) is 13.0 Å². The van der Waals surface area contributed by atoms with Crippen LogP contribution in [0.1, 0.15) is 36.3 Å². The lowest BCUT2D eigenvalue weighted by Gasteiger charge is -2.08. The second-order valence-electron chi connectivity index (χ2n) is 5.56. The molecule has 0 spiro atoms. The number of aromatic nitrogens is 2. The van der Waals surface area contributed by atoms with Crippen molar-refractivity contribution in [3.8, 4) is 6.07 Å². The SMILES string of the molecule is CC(C)CCNc1ccc(C(=O)Nc2ccc(C#N)cc2)nn1. The highest BCUT2D eigenvalue weighted by Gasteiger charge is 2.08. The summed E-state index contributed by atoms with van der Waals surface area (Å²) in [6, 6.07) is 12.0. The molecule has 2 aromatic rings. The molecule has 0 unspecified atom stereocenters. The van der Waals surface area contributed by atoms with E-state index in [2.05, 4.69) is 34.7 Å². The molecule has 118 valence electrons. The zero-order valence-corrected chi connectivity index (χ0v) is 13.2. The molecule has 2 rings (SSSR count). The Kier molecular flexibility index (Phi) is 5.64. The number of anilines is 2. The molecular formula is C17H19N5O. The van der Waals surface area contributed by atoms with Gasteiger partial charge in [0, 0.05) is 12.2 Å². The fourth-order valence-electron chi connectivity index (χ4n) is 1.86. The van der Waals surface area contributed by atoms with Gasteiger partial charge in [-0.15, -0.1) is 10.2 Å². The Morgan fingerprint density at radius 3 is 2.48 bits per heavy atom. The first-order valence-corrected chi connectivity index (χ1v) is 7.47. The second kappa shape index (κ2) is 7.90. The van der Waals surface area contributed by atoms with Gasteiger partial charge in [0.25, 0.3) is 5.91 Å². The van der Waals surface area contributed by atoms with Crippen LogP contribution in [-0.4, -0.2) is 22.6 Å². The minimum absolute atomic E-state index is 0.240. The van der Waals surface area contributed by atoms with Crippen molar-refractivity contribution < 1.29 is 4.79 Å². The molecule has 2 N–H and O–H groups in total. The maximum absolute atomic E-state index is 12.1. The summed E-state index contributed by atoms with van der Waals surface area (Å²) in [4.78, 5) is 12.1. The van der Waals surface area contributed by atoms with Crippen LogP contribution < -0.4 is 10.6 Å². The molecule has 1 aromatic heterocycles. The molecule has 0 atom stereocenters. The Labute approximate surface area is 135 Å². The number of rotatable bonds is 6. The number of amides is 1. The van der Waals surface area contributed by atoms with Crippen LogP contribution >= 0.6 is 0 Å². The summed E-state index contributed by atoms with van der Waals surface area (Å²) in [5.41, 5.74) is 1.39. The number of hydrogen-bond acceptors (Lipinski definition) is 5. The average molecular weight is 309 g/mol. The first-order chi connectivity index (χ1) is 11.1. The van der Waals surface area contributed by atoms with Crippen LogP contribution in [0.5, 0.6) is 0 Å². The molecule has 0 aliphatic carbocycles. The summed E-state index contributed by atoms with van der Waals surface area (Å²) in [5.74, 6) is 0.935. The molecule has 6 nitrogen and oxygen atoms in total. The van der Waals surface area contributed by atoms with Crippen LogP contribution in [0.15, 0.2) is 36.4 Å². The van der Waals surface area contributed by atoms with E-state index in [1.54, 1.807) is 36.4 Å². The molecule has 0 radical (unpaired) electrons. The minimum atomic E-state index is -0.337. The van der Waals surface area contributed by atoms with Crippen LogP contribution in [-0.2, 0) is 0 Å². The van der Waals surface area contributed by atoms with E-state index in [9.17, 15) is 4.79 Å². The molecule has 1 aromatic carbocycles. The van der Waals surface area contributed by atoms with E-state index < -0.39 is 0 Å². The van der Waals surface area contributed by atoms with Crippen molar-refractivity contribution in [2.45, 2.75) is 20.3 Å². The Hall–Kier alpha value is -2.94. The number of nitrogens with zero attached hydrogens (tertiary/aromatic N) is 3. The molecular weight excluding hydrogens is 290 g/mol. The molecule has 6 heteroatoms. The molecule has 0 aliphatic rings. The van der Waals surface area contributed by atoms with Crippen molar-refractivity contribution in [1.29, 1.82) is 5.26 Å². The largest absolute Gasteiger partial charge is 0.369 e. The standard InChI is InChI=1S/C17H19N5O/c1-12(2)9-10-19-16-8-7-15(21-22-16)17(23)20-14-5-3-13(11-18)4-6-14/h3-8,12H,9-10H2,1-2H3,(H,19,22)(H,20,23). The van der Waals surface area contributed by atoms with Gasteiger partial charge in [-0.1, -0.05) is 13.8 Å². The quantitative estimate of drug-likeness (QED) is 0.855. The highest BCUT2D eigenvalue weighted by Crippen LogP contribution is 2.11. The zero-order chi connectivity index (χ0) is 16.7. The summed E-state index contributed by atoms with van der Waals surface area (Å²) in [7, 11) is 0. The first kappa shape index (κ1) is 16.4. The van der Waals surface area contributed by atoms with E-state index in [1.807, 2.05) is 6.07 Å². The van der Waals surface area contributed by atoms with Crippen LogP contribution in [0.25, 0.3) is 0 Å². The maximum Gasteiger partial charge on any atom is 0.276 e. The van der Waals surface area contributed by atoms with Crippen molar-refractivity contribution in [2.24, 2.45) is 5.92 Å². The third kappa shape index (κ3) is 5.08. The molecule has 0 bridgehead atoms. The molecule has 0 fully saturated rings. The molecule has 1 amide bonds. The number of carbonyl (C=O) groups is 1. The Balaban J connectivity index is 1.93. The normalized spacial score (nSPS) is 10.2. The molecule has 23 heavy (non-hydrogen) atoms. The van der Waals surface area contributed by atoms with E-state index in [1.165, 1.54) is 0 Å². The summed E-state index contributed by atoms with van der Waals surface area (Å²) in [5, 5.41) is 22.6. The fourth-order valence-corrected chi connectivity index (χ4v) is 1.86. The summed E-state index contributed by atoms with van der Waals surface area (Å²) < 4.78 is 0. The van der Waals surface area contributed by atoms with Gasteiger partial charge in [-0.05, 0) is 48.7 Å². The number of benzene rings is 1. The van der Waals surface area contributed by atoms with Gasteiger partial charge < -0.3 is 10.6 Å². The monoisotopic (exact) mass is 309 g/mol. The van der Waals surface area contributed by atoms with E-state index in [-0.39, 0.29) is 11.6 Å². The van der Waals surface area contributed by atoms with E-state index in [0.29, 0.717) is 23.0 Å². The van der Waals surface area contributed by atoms with E-state index >= 15 is 0 Å². The Morgan fingerprint density at radius 2 is 1.91 bits per heavy atom. The summed E-state index contributed by atoms with van der Waals surface area (Å²) in [6.45, 7) is 5.14. The van der Waals surface area contributed by atoms with Crippen molar-refractivity contribution >= 4 is 17.4 Å². The van der Waals surface area contributed by atoms with Gasteiger partial charge >= 0.3 is 0 Å². The second-order valence-corrected chi connectivity index (χ2v) is 5.56. The summed E-state index contributed by atoms with van der Waals surface area (Å²) >= 11 is 0. The Bertz CT molecular complexity index is 686. The lowest BCUT2D eigenvalue weighted by atomic mass is 10.1. The fraction of sp³-hybridized carbons (Fsp3) is 0.294. The predicted molar refractivity (Wildman–Crippen MR) is 89.1 cm³/mol. The van der Waals surface area contributed by atoms with Gasteiger partial charge in [-0.3, -0.25) is 4.79 Å². The first-order valence-electron chi connectivity index (χ1n) is 7.47. The number of hydrogen-bond donors (Lipinski definition) is 2. The van der Waals surface area contributed by atoms with Gasteiger partial charge in [-0.25, -0.2) is 0 Å². The summed E-state index contributed by atoms with van der Waals surface area (Å²) in [6.07, 6.45) is 1.04. The lowest BCUT2D eigenvalue weighted by molar-refractivity contribution is 0.102. The van der Waals surface area contributed by atoms with Gasteiger partial charge in [0.05, 0.1) is 11.6 Å². The smallest absolute Gasteiger partial charge is 0.276 e. The number of nitriles is 1. The van der Waals surface area contributed by atoms with Gasteiger partial charge in [0.2, 0.25) is 0 Å². The van der Waals surface area contributed by atoms with Crippen LogP contribution in [0, 0.1) is 17.2 Å². The third-order valence-electron chi connectivity index (χ3n) is 3.20. The predicted octanol–water partition coefficient (Wildman–Crippen LogP) is 3.06. The van der Waals surface area contributed by atoms with Crippen molar-refractivity contribution in [2.75, 3.05) is 17.2 Å². The zero-order valence-electron chi connectivity index (χ0n) is 13.2. The molecule has 0 saturated carbocycles. The maximum atomic E-state index is 12.1. The van der Waals surface area contributed by atoms with Crippen molar-refractivity contribution in [1.82, 2.24) is 10.2 Å². The van der Waals surface area contributed by atoms with Crippen molar-refractivity contribution in [3.63, 3.8) is 0 Å². The number of nitrogens with one attached hydrogen (secondary N) is 2. The van der Waals surface area contributed by atoms with E-state index in [4.69, 9.17) is 5.26 Å². The van der Waals surface area contributed by atoms with Gasteiger partial charge in [0.1, 0.15) is 5.82 Å². The average Bonchev–Trinajstić information content (AvgIpc) is 2.56. The van der Waals surface area contributed by atoms with Gasteiger partial charge in [0.15, 0.2) is 5.69 Å². The molecule has 0 saturated heterocycles. The van der Waals surface area contributed by atoms with Crippen molar-refractivity contribution in [3.05, 3.63) is 47.7 Å². The highest BCUT2D eigenvalue weighted by atomic mass is 16.1. The van der Waals surface area contributed by atoms with Crippen LogP contribution in [0.4, 0.5) is 11.5 Å². The Morgan fingerprint density at radius 1 is 1.17 bits per heavy atom. The third-order valence-corrected chi connectivity index (χ3v) is 3.20. The topological polar surface area (TPSA) is 90.7 Å². The van der Waals surface area contributed by atoms with Crippen LogP contribution in [0.2, 0.25) is 0 Å². The number of carbonyl (C=O) groups excluding carboxylic acids is 1. The van der Waals surface area contributed by atoms with Crippen LogP contribution in [0.3, 0.4) is 0 Å². The van der Waals surface area contributed by atoms with Gasteiger partial charge in [-0.2, -0.15) is 5.26 Å². The minimum Gasteiger partial charge on any atom is -0.369 e. The highest BCUT2D eigenvalue weighted by molar-refractivity contribution is 6.02. The lowest BCUT2D eigenvalue weighted by Crippen LogP contribution is -2.15. The molecule has 0 aliphatic heterocycles.